The van der Waals surface area contributed by atoms with Crippen LogP contribution in [0.2, 0.25) is 0 Å². The van der Waals surface area contributed by atoms with Crippen LogP contribution in [0.5, 0.6) is 0 Å². The maximum Gasteiger partial charge on any atom is 0.322 e. The van der Waals surface area contributed by atoms with Gasteiger partial charge in [-0.15, -0.1) is 0 Å². The number of likely N-dealkylation sites (tertiary alicyclic amines) is 1. The maximum atomic E-state index is 12.2. The van der Waals surface area contributed by atoms with Crippen LogP contribution >= 0.6 is 0 Å². The van der Waals surface area contributed by atoms with E-state index < -0.39 is 5.54 Å². The van der Waals surface area contributed by atoms with Crippen LogP contribution in [-0.2, 0) is 4.79 Å². The number of hydrogen-bond acceptors (Lipinski definition) is 3. The van der Waals surface area contributed by atoms with Crippen molar-refractivity contribution in [3.8, 4) is 0 Å². The summed E-state index contributed by atoms with van der Waals surface area (Å²) in [4.78, 5) is 31.1. The molecule has 2 heterocycles. The van der Waals surface area contributed by atoms with Crippen molar-refractivity contribution in [2.75, 3.05) is 26.2 Å². The highest BCUT2D eigenvalue weighted by molar-refractivity contribution is 6.07. The van der Waals surface area contributed by atoms with Gasteiger partial charge in [-0.25, -0.2) is 4.79 Å². The average Bonchev–Trinajstić information content (AvgIpc) is 3.28. The molecule has 0 radical (unpaired) electrons. The van der Waals surface area contributed by atoms with Gasteiger partial charge in [0.1, 0.15) is 5.54 Å². The normalized spacial score (nSPS) is 27.9. The minimum Gasteiger partial charge on any atom is -0.357 e. The Balaban J connectivity index is 1.61. The van der Waals surface area contributed by atoms with E-state index in [-0.39, 0.29) is 23.3 Å². The smallest absolute Gasteiger partial charge is 0.322 e. The molecule has 0 bridgehead atoms. The van der Waals surface area contributed by atoms with E-state index in [9.17, 15) is 9.59 Å². The van der Waals surface area contributed by atoms with Crippen molar-refractivity contribution in [3.05, 3.63) is 0 Å². The van der Waals surface area contributed by atoms with E-state index in [0.29, 0.717) is 0 Å². The summed E-state index contributed by atoms with van der Waals surface area (Å²) in [5.74, 6) is 1.70. The quantitative estimate of drug-likeness (QED) is 0.382. The molecule has 3 N–H and O–H groups in total. The number of carbonyl (C=O) groups is 2. The highest BCUT2D eigenvalue weighted by atomic mass is 16.2. The van der Waals surface area contributed by atoms with Crippen LogP contribution in [0.15, 0.2) is 4.99 Å². The zero-order valence-electron chi connectivity index (χ0n) is 17.9. The molecule has 158 valence electrons. The first-order chi connectivity index (χ1) is 13.3. The molecule has 7 heteroatoms. The third-order valence-electron chi connectivity index (χ3n) is 7.11. The van der Waals surface area contributed by atoms with Crippen LogP contribution in [0, 0.1) is 17.3 Å². The Bertz CT molecular complexity index is 618. The fourth-order valence-corrected chi connectivity index (χ4v) is 5.05. The second kappa shape index (κ2) is 8.29. The van der Waals surface area contributed by atoms with Gasteiger partial charge < -0.3 is 15.5 Å². The summed E-state index contributed by atoms with van der Waals surface area (Å²) in [6, 6.07) is -0.376. The molecule has 3 fully saturated rings. The summed E-state index contributed by atoms with van der Waals surface area (Å²) in [6.07, 6.45) is 7.09. The molecule has 0 aromatic heterocycles. The fraction of sp³-hybridized carbons (Fsp3) is 0.857. The van der Waals surface area contributed by atoms with Crippen LogP contribution in [0.3, 0.4) is 0 Å². The van der Waals surface area contributed by atoms with E-state index in [2.05, 4.69) is 41.6 Å². The summed E-state index contributed by atoms with van der Waals surface area (Å²) in [7, 11) is 0. The summed E-state index contributed by atoms with van der Waals surface area (Å²) in [5.41, 5.74) is -0.557. The third-order valence-corrected chi connectivity index (χ3v) is 7.11. The predicted molar refractivity (Wildman–Crippen MR) is 111 cm³/mol. The lowest BCUT2D eigenvalue weighted by molar-refractivity contribution is -0.125. The maximum absolute atomic E-state index is 12.2. The molecular weight excluding hydrogens is 354 g/mol. The molecular formula is C21H37N5O2. The number of rotatable bonds is 5. The van der Waals surface area contributed by atoms with E-state index in [0.717, 1.165) is 50.9 Å². The first-order valence-electron chi connectivity index (χ1n) is 10.9. The van der Waals surface area contributed by atoms with Crippen LogP contribution in [0.4, 0.5) is 4.79 Å². The van der Waals surface area contributed by atoms with E-state index >= 15 is 0 Å². The molecule has 3 aliphatic rings. The molecule has 2 saturated heterocycles. The molecule has 1 unspecified atom stereocenters. The number of urea groups is 1. The minimum absolute atomic E-state index is 0.146. The van der Waals surface area contributed by atoms with Crippen molar-refractivity contribution < 1.29 is 9.59 Å². The number of carbonyl (C=O) groups excluding carboxylic acids is 2. The van der Waals surface area contributed by atoms with Crippen LogP contribution in [0.1, 0.15) is 66.2 Å². The van der Waals surface area contributed by atoms with Gasteiger partial charge in [0.15, 0.2) is 5.96 Å². The van der Waals surface area contributed by atoms with Crippen molar-refractivity contribution in [1.29, 1.82) is 0 Å². The zero-order valence-corrected chi connectivity index (χ0v) is 17.9. The van der Waals surface area contributed by atoms with Gasteiger partial charge in [-0.1, -0.05) is 26.7 Å². The first kappa shape index (κ1) is 20.9. The number of imide groups is 1. The molecule has 1 aliphatic carbocycles. The van der Waals surface area contributed by atoms with Crippen molar-refractivity contribution >= 4 is 17.9 Å². The summed E-state index contributed by atoms with van der Waals surface area (Å²) in [6.45, 7) is 12.0. The topological polar surface area (TPSA) is 85.8 Å². The van der Waals surface area contributed by atoms with E-state index in [1.54, 1.807) is 0 Å². The average molecular weight is 392 g/mol. The second-order valence-electron chi connectivity index (χ2n) is 9.51. The molecule has 1 atom stereocenters. The largest absolute Gasteiger partial charge is 0.357 e. The first-order valence-corrected chi connectivity index (χ1v) is 10.9. The monoisotopic (exact) mass is 391 g/mol. The number of nitrogens with zero attached hydrogens (tertiary/aromatic N) is 2. The third kappa shape index (κ3) is 4.28. The van der Waals surface area contributed by atoms with Gasteiger partial charge in [-0.05, 0) is 56.8 Å². The van der Waals surface area contributed by atoms with E-state index in [1.165, 1.54) is 25.7 Å². The van der Waals surface area contributed by atoms with Crippen molar-refractivity contribution in [3.63, 3.8) is 0 Å². The molecule has 3 rings (SSSR count). The molecule has 3 amide bonds. The minimum atomic E-state index is -0.789. The molecule has 1 saturated carbocycles. The van der Waals surface area contributed by atoms with Crippen molar-refractivity contribution in [2.45, 2.75) is 71.8 Å². The van der Waals surface area contributed by atoms with Crippen molar-refractivity contribution in [1.82, 2.24) is 20.9 Å². The van der Waals surface area contributed by atoms with Gasteiger partial charge in [-0.3, -0.25) is 15.1 Å². The van der Waals surface area contributed by atoms with Gasteiger partial charge in [0.05, 0.1) is 0 Å². The van der Waals surface area contributed by atoms with Gasteiger partial charge in [0, 0.05) is 26.2 Å². The number of guanidine groups is 1. The lowest BCUT2D eigenvalue weighted by atomic mass is 9.78. The van der Waals surface area contributed by atoms with Crippen molar-refractivity contribution in [2.24, 2.45) is 22.2 Å². The van der Waals surface area contributed by atoms with Gasteiger partial charge in [-0.2, -0.15) is 0 Å². The Morgan fingerprint density at radius 2 is 1.86 bits per heavy atom. The predicted octanol–water partition coefficient (Wildman–Crippen LogP) is 2.48. The van der Waals surface area contributed by atoms with E-state index in [1.807, 2.05) is 6.92 Å². The standard InChI is InChI=1S/C21H37N5O2/c1-5-22-18(23-14-20(2,3)15-8-6-7-9-15)26-12-10-16(11-13-26)21(4)17(27)24-19(28)25-21/h15-16H,5-14H2,1-4H3,(H,22,23)(H2,24,25,27,28). The van der Waals surface area contributed by atoms with Gasteiger partial charge >= 0.3 is 6.03 Å². The highest BCUT2D eigenvalue weighted by Gasteiger charge is 2.48. The van der Waals surface area contributed by atoms with Crippen LogP contribution in [0.25, 0.3) is 0 Å². The number of piperidine rings is 1. The Kier molecular flexibility index (Phi) is 6.20. The van der Waals surface area contributed by atoms with Crippen LogP contribution < -0.4 is 16.0 Å². The lowest BCUT2D eigenvalue weighted by Crippen LogP contribution is -2.55. The Morgan fingerprint density at radius 3 is 2.39 bits per heavy atom. The van der Waals surface area contributed by atoms with Gasteiger partial charge in [0.25, 0.3) is 5.91 Å². The summed E-state index contributed by atoms with van der Waals surface area (Å²) >= 11 is 0. The Labute approximate surface area is 169 Å². The Morgan fingerprint density at radius 1 is 1.21 bits per heavy atom. The molecule has 28 heavy (non-hydrogen) atoms. The lowest BCUT2D eigenvalue weighted by Gasteiger charge is -2.40. The van der Waals surface area contributed by atoms with E-state index in [4.69, 9.17) is 4.99 Å². The number of amides is 3. The Hall–Kier alpha value is -1.79. The molecule has 0 spiro atoms. The molecule has 7 nitrogen and oxygen atoms in total. The zero-order chi connectivity index (χ0) is 20.4. The van der Waals surface area contributed by atoms with Gasteiger partial charge in [0.2, 0.25) is 0 Å². The number of aliphatic imine (C=N–C) groups is 1. The summed E-state index contributed by atoms with van der Waals surface area (Å²) in [5, 5.41) is 8.67. The SMILES string of the molecule is CCNC(=NCC(C)(C)C1CCCC1)N1CCC(C2(C)NC(=O)NC2=O)CC1. The highest BCUT2D eigenvalue weighted by Crippen LogP contribution is 2.39. The number of nitrogens with one attached hydrogen (secondary N) is 3. The van der Waals surface area contributed by atoms with Crippen LogP contribution in [-0.4, -0.2) is 54.5 Å². The fourth-order valence-electron chi connectivity index (χ4n) is 5.05. The molecule has 0 aromatic rings. The molecule has 2 aliphatic heterocycles. The number of hydrogen-bond donors (Lipinski definition) is 3. The second-order valence-corrected chi connectivity index (χ2v) is 9.51. The molecule has 0 aromatic carbocycles. The summed E-state index contributed by atoms with van der Waals surface area (Å²) < 4.78 is 0.